The van der Waals surface area contributed by atoms with Gasteiger partial charge >= 0.3 is 17.9 Å². The van der Waals surface area contributed by atoms with Gasteiger partial charge in [-0.2, -0.15) is 0 Å². The fourth-order valence-corrected chi connectivity index (χ4v) is 2.45. The van der Waals surface area contributed by atoms with E-state index < -0.39 is 41.0 Å². The number of carbonyl (C=O) groups is 4. The van der Waals surface area contributed by atoms with Crippen LogP contribution < -0.4 is 0 Å². The van der Waals surface area contributed by atoms with Crippen molar-refractivity contribution in [1.82, 2.24) is 4.90 Å². The van der Waals surface area contributed by atoms with Crippen molar-refractivity contribution in [3.8, 4) is 0 Å². The fraction of sp³-hybridized carbons (Fsp3) is 0.444. The molecule has 158 valence electrons. The minimum atomic E-state index is -1.84. The monoisotopic (exact) mass is 410 g/mol. The van der Waals surface area contributed by atoms with Crippen molar-refractivity contribution in [3.05, 3.63) is 39.9 Å². The van der Waals surface area contributed by atoms with Crippen LogP contribution in [0.25, 0.3) is 0 Å². The summed E-state index contributed by atoms with van der Waals surface area (Å²) in [5.41, 5.74) is -0.114. The second kappa shape index (κ2) is 10.7. The summed E-state index contributed by atoms with van der Waals surface area (Å²) in [6.45, 7) is 5.01. The molecule has 1 amide bonds. The number of rotatable bonds is 9. The van der Waals surface area contributed by atoms with Crippen molar-refractivity contribution in [2.24, 2.45) is 0 Å². The van der Waals surface area contributed by atoms with E-state index in [0.717, 1.165) is 26.0 Å². The van der Waals surface area contributed by atoms with Gasteiger partial charge in [0.05, 0.1) is 18.1 Å². The molecule has 0 saturated heterocycles. The number of carbonyl (C=O) groups excluding carboxylic acids is 4. The highest BCUT2D eigenvalue weighted by Gasteiger charge is 2.43. The molecule has 1 aromatic rings. The average molecular weight is 410 g/mol. The van der Waals surface area contributed by atoms with E-state index in [-0.39, 0.29) is 24.5 Å². The molecule has 1 aromatic carbocycles. The quantitative estimate of drug-likeness (QED) is 0.148. The summed E-state index contributed by atoms with van der Waals surface area (Å²) in [6, 6.07) is 2.92. The van der Waals surface area contributed by atoms with Crippen molar-refractivity contribution in [1.29, 1.82) is 0 Å². The number of nitrogens with zero attached hydrogens (tertiary/aromatic N) is 2. The van der Waals surface area contributed by atoms with Gasteiger partial charge in [-0.1, -0.05) is 0 Å². The second-order valence-corrected chi connectivity index (χ2v) is 5.64. The predicted octanol–water partition coefficient (Wildman–Crippen LogP) is 1.50. The molecular formula is C18H22N2O9. The van der Waals surface area contributed by atoms with Crippen LogP contribution in [-0.2, 0) is 33.4 Å². The van der Waals surface area contributed by atoms with E-state index in [1.165, 1.54) is 26.0 Å². The van der Waals surface area contributed by atoms with Crippen LogP contribution in [0, 0.1) is 10.1 Å². The highest BCUT2D eigenvalue weighted by atomic mass is 16.6. The summed E-state index contributed by atoms with van der Waals surface area (Å²) in [5, 5.41) is 10.9. The Kier molecular flexibility index (Phi) is 8.71. The number of esters is 3. The maximum absolute atomic E-state index is 12.4. The topological polar surface area (TPSA) is 142 Å². The number of ether oxygens (including phenoxy) is 3. The first-order chi connectivity index (χ1) is 13.6. The van der Waals surface area contributed by atoms with E-state index in [4.69, 9.17) is 14.2 Å². The molecule has 1 unspecified atom stereocenters. The van der Waals surface area contributed by atoms with Gasteiger partial charge in [0.25, 0.3) is 5.69 Å². The maximum atomic E-state index is 12.4. The van der Waals surface area contributed by atoms with Crippen molar-refractivity contribution in [3.63, 3.8) is 0 Å². The summed E-state index contributed by atoms with van der Waals surface area (Å²) < 4.78 is 14.9. The van der Waals surface area contributed by atoms with Gasteiger partial charge in [0.2, 0.25) is 18.2 Å². The number of hydrogen-bond acceptors (Lipinski definition) is 9. The summed E-state index contributed by atoms with van der Waals surface area (Å²) in [6.07, 6.45) is -1.52. The fourth-order valence-electron chi connectivity index (χ4n) is 2.45. The molecule has 0 aliphatic carbocycles. The molecule has 0 aliphatic heterocycles. The van der Waals surface area contributed by atoms with Gasteiger partial charge in [-0.3, -0.25) is 24.6 Å². The van der Waals surface area contributed by atoms with Gasteiger partial charge in [-0.05, 0) is 26.0 Å². The number of nitro benzene ring substituents is 1. The first-order valence-corrected chi connectivity index (χ1v) is 8.67. The Balaban J connectivity index is 3.51. The van der Waals surface area contributed by atoms with Crippen LogP contribution >= 0.6 is 0 Å². The summed E-state index contributed by atoms with van der Waals surface area (Å²) in [7, 11) is 0. The number of nitro groups is 1. The molecule has 0 aromatic heterocycles. The predicted molar refractivity (Wildman–Crippen MR) is 97.2 cm³/mol. The normalized spacial score (nSPS) is 11.3. The van der Waals surface area contributed by atoms with Crippen LogP contribution in [0.15, 0.2) is 24.3 Å². The van der Waals surface area contributed by atoms with Crippen LogP contribution in [0.1, 0.15) is 39.5 Å². The Morgan fingerprint density at radius 3 is 1.83 bits per heavy atom. The van der Waals surface area contributed by atoms with Crippen molar-refractivity contribution < 1.29 is 38.3 Å². The van der Waals surface area contributed by atoms with Gasteiger partial charge in [-0.25, -0.2) is 9.59 Å². The lowest BCUT2D eigenvalue weighted by Crippen LogP contribution is -2.52. The van der Waals surface area contributed by atoms with Crippen LogP contribution in [0.5, 0.6) is 0 Å². The molecule has 0 aliphatic rings. The zero-order chi connectivity index (χ0) is 22.1. The maximum Gasteiger partial charge on any atom is 0.340 e. The highest BCUT2D eigenvalue weighted by molar-refractivity contribution is 6.02. The molecule has 0 N–H and O–H groups in total. The number of benzene rings is 1. The zero-order valence-electron chi connectivity index (χ0n) is 16.4. The summed E-state index contributed by atoms with van der Waals surface area (Å²) >= 11 is 0. The molecule has 1 rings (SSSR count). The molecule has 0 bridgehead atoms. The van der Waals surface area contributed by atoms with Gasteiger partial charge in [0, 0.05) is 31.5 Å². The van der Waals surface area contributed by atoms with Crippen molar-refractivity contribution in [2.75, 3.05) is 13.2 Å². The molecule has 0 spiro atoms. The molecule has 0 radical (unpaired) electrons. The van der Waals surface area contributed by atoms with Gasteiger partial charge in [0.1, 0.15) is 0 Å². The molecular weight excluding hydrogens is 388 g/mol. The molecule has 0 heterocycles. The summed E-state index contributed by atoms with van der Waals surface area (Å²) in [5.74, 6) is -3.74. The SMILES string of the molecule is CCOC(=O)C(C(=O)OCC)N(C(C)=O)C(OC(C)=O)c1ccc([N+](=O)[O-])cc1. The largest absolute Gasteiger partial charge is 0.464 e. The second-order valence-electron chi connectivity index (χ2n) is 5.64. The minimum absolute atomic E-state index is 0.0732. The van der Waals surface area contributed by atoms with E-state index in [1.54, 1.807) is 0 Å². The van der Waals surface area contributed by atoms with E-state index >= 15 is 0 Å². The van der Waals surface area contributed by atoms with Gasteiger partial charge < -0.3 is 14.2 Å². The van der Waals surface area contributed by atoms with E-state index in [9.17, 15) is 29.3 Å². The molecule has 0 fully saturated rings. The number of amides is 1. The lowest BCUT2D eigenvalue weighted by atomic mass is 10.1. The van der Waals surface area contributed by atoms with Crippen molar-refractivity contribution in [2.45, 2.75) is 40.0 Å². The average Bonchev–Trinajstić information content (AvgIpc) is 2.64. The first-order valence-electron chi connectivity index (χ1n) is 8.67. The standard InChI is InChI=1S/C18H22N2O9/c1-5-27-17(23)15(18(24)28-6-2)19(11(3)21)16(29-12(4)22)13-7-9-14(10-8-13)20(25)26/h7-10,15-16H,5-6H2,1-4H3. The Morgan fingerprint density at radius 2 is 1.48 bits per heavy atom. The van der Waals surface area contributed by atoms with E-state index in [1.807, 2.05) is 0 Å². The van der Waals surface area contributed by atoms with Crippen LogP contribution in [0.3, 0.4) is 0 Å². The third-order valence-corrected chi connectivity index (χ3v) is 3.58. The van der Waals surface area contributed by atoms with Crippen molar-refractivity contribution >= 4 is 29.5 Å². The Labute approximate surface area is 166 Å². The number of non-ortho nitro benzene ring substituents is 1. The molecule has 0 saturated carbocycles. The highest BCUT2D eigenvalue weighted by Crippen LogP contribution is 2.28. The third-order valence-electron chi connectivity index (χ3n) is 3.58. The molecule has 11 nitrogen and oxygen atoms in total. The molecule has 1 atom stereocenters. The summed E-state index contributed by atoms with van der Waals surface area (Å²) in [4.78, 5) is 59.8. The molecule has 11 heteroatoms. The lowest BCUT2D eigenvalue weighted by Gasteiger charge is -2.34. The van der Waals surface area contributed by atoms with Gasteiger partial charge in [0.15, 0.2) is 0 Å². The first kappa shape index (κ1) is 23.5. The lowest BCUT2D eigenvalue weighted by molar-refractivity contribution is -0.384. The van der Waals surface area contributed by atoms with Crippen LogP contribution in [0.2, 0.25) is 0 Å². The third kappa shape index (κ3) is 6.26. The zero-order valence-corrected chi connectivity index (χ0v) is 16.4. The Bertz CT molecular complexity index is 758. The smallest absolute Gasteiger partial charge is 0.340 e. The number of hydrogen-bond donors (Lipinski definition) is 0. The van der Waals surface area contributed by atoms with Gasteiger partial charge in [-0.15, -0.1) is 0 Å². The van der Waals surface area contributed by atoms with E-state index in [2.05, 4.69) is 0 Å². The Morgan fingerprint density at radius 1 is 1.00 bits per heavy atom. The minimum Gasteiger partial charge on any atom is -0.464 e. The van der Waals surface area contributed by atoms with E-state index in [0.29, 0.717) is 4.90 Å². The van der Waals surface area contributed by atoms with Crippen LogP contribution in [-0.4, -0.2) is 52.9 Å². The molecule has 29 heavy (non-hydrogen) atoms. The Hall–Kier alpha value is -3.50. The van der Waals surface area contributed by atoms with Crippen LogP contribution in [0.4, 0.5) is 5.69 Å².